The second-order valence-electron chi connectivity index (χ2n) is 5.33. The Kier molecular flexibility index (Phi) is 6.59. The molecule has 2 aromatic rings. The van der Waals surface area contributed by atoms with Crippen molar-refractivity contribution >= 4 is 29.3 Å². The zero-order valence-electron chi connectivity index (χ0n) is 14.1. The lowest BCUT2D eigenvalue weighted by atomic mass is 10.1. The average molecular weight is 373 g/mol. The Balaban J connectivity index is 1.85. The van der Waals surface area contributed by atoms with Gasteiger partial charge in [-0.1, -0.05) is 12.1 Å². The Morgan fingerprint density at radius 3 is 2.56 bits per heavy atom. The van der Waals surface area contributed by atoms with E-state index in [4.69, 9.17) is 10.5 Å². The highest BCUT2D eigenvalue weighted by Crippen LogP contribution is 2.25. The summed E-state index contributed by atoms with van der Waals surface area (Å²) in [5.74, 6) is -1.76. The van der Waals surface area contributed by atoms with Gasteiger partial charge in [-0.25, -0.2) is 9.18 Å². The molecule has 0 saturated heterocycles. The quantitative estimate of drug-likeness (QED) is 0.241. The summed E-state index contributed by atoms with van der Waals surface area (Å²) in [6.07, 6.45) is 2.67. The molecular formula is C18H16FN3O5. The molecule has 27 heavy (non-hydrogen) atoms. The van der Waals surface area contributed by atoms with Crippen LogP contribution in [-0.2, 0) is 9.53 Å². The Morgan fingerprint density at radius 2 is 1.93 bits per heavy atom. The minimum atomic E-state index is -0.772. The van der Waals surface area contributed by atoms with Crippen LogP contribution >= 0.6 is 0 Å². The molecule has 0 aliphatic rings. The van der Waals surface area contributed by atoms with E-state index >= 15 is 0 Å². The second-order valence-corrected chi connectivity index (χ2v) is 5.33. The summed E-state index contributed by atoms with van der Waals surface area (Å²) < 4.78 is 17.7. The van der Waals surface area contributed by atoms with E-state index < -0.39 is 16.8 Å². The van der Waals surface area contributed by atoms with Gasteiger partial charge in [-0.2, -0.15) is 0 Å². The van der Waals surface area contributed by atoms with Gasteiger partial charge in [0, 0.05) is 24.3 Å². The largest absolute Gasteiger partial charge is 0.461 e. The highest BCUT2D eigenvalue weighted by Gasteiger charge is 2.16. The van der Waals surface area contributed by atoms with Crippen molar-refractivity contribution < 1.29 is 23.6 Å². The van der Waals surface area contributed by atoms with Crippen LogP contribution in [0.2, 0.25) is 0 Å². The first-order valence-corrected chi connectivity index (χ1v) is 7.79. The van der Waals surface area contributed by atoms with Gasteiger partial charge in [0.05, 0.1) is 4.92 Å². The standard InChI is InChI=1S/C18H16FN3O5/c19-14-5-1-12(2-6-14)3-8-17(23)27-10-9-21-15-7-4-13(18(20)24)11-16(15)22(25)26/h1-8,11,21H,9-10H2,(H2,20,24)/b8-3+. The van der Waals surface area contributed by atoms with Crippen LogP contribution in [0.25, 0.3) is 6.08 Å². The Morgan fingerprint density at radius 1 is 1.22 bits per heavy atom. The van der Waals surface area contributed by atoms with Gasteiger partial charge in [0.2, 0.25) is 5.91 Å². The predicted octanol–water partition coefficient (Wildman–Crippen LogP) is 2.50. The molecule has 140 valence electrons. The van der Waals surface area contributed by atoms with E-state index in [1.54, 1.807) is 0 Å². The molecule has 0 bridgehead atoms. The molecule has 0 aliphatic heterocycles. The molecular weight excluding hydrogens is 357 g/mol. The summed E-state index contributed by atoms with van der Waals surface area (Å²) >= 11 is 0. The van der Waals surface area contributed by atoms with Crippen molar-refractivity contribution in [2.45, 2.75) is 0 Å². The van der Waals surface area contributed by atoms with Gasteiger partial charge in [0.25, 0.3) is 5.69 Å². The molecule has 1 amide bonds. The monoisotopic (exact) mass is 373 g/mol. The van der Waals surface area contributed by atoms with Gasteiger partial charge < -0.3 is 15.8 Å². The van der Waals surface area contributed by atoms with Crippen LogP contribution in [0.3, 0.4) is 0 Å². The second kappa shape index (κ2) is 9.09. The number of anilines is 1. The number of primary amides is 1. The molecule has 2 aromatic carbocycles. The number of nitrogens with zero attached hydrogens (tertiary/aromatic N) is 1. The summed E-state index contributed by atoms with van der Waals surface area (Å²) in [4.78, 5) is 33.1. The van der Waals surface area contributed by atoms with Crippen molar-refractivity contribution in [3.8, 4) is 0 Å². The van der Waals surface area contributed by atoms with E-state index in [-0.39, 0.29) is 35.9 Å². The van der Waals surface area contributed by atoms with Gasteiger partial charge in [0.1, 0.15) is 18.1 Å². The maximum absolute atomic E-state index is 12.8. The molecule has 3 N–H and O–H groups in total. The third-order valence-electron chi connectivity index (χ3n) is 3.42. The van der Waals surface area contributed by atoms with E-state index in [2.05, 4.69) is 5.32 Å². The molecule has 0 aliphatic carbocycles. The predicted molar refractivity (Wildman–Crippen MR) is 96.5 cm³/mol. The minimum Gasteiger partial charge on any atom is -0.461 e. The minimum absolute atomic E-state index is 0.0182. The molecule has 8 nitrogen and oxygen atoms in total. The SMILES string of the molecule is NC(=O)c1ccc(NCCOC(=O)/C=C/c2ccc(F)cc2)c([N+](=O)[O-])c1. The van der Waals surface area contributed by atoms with Crippen LogP contribution in [0.1, 0.15) is 15.9 Å². The Labute approximate surface area is 153 Å². The zero-order valence-corrected chi connectivity index (χ0v) is 14.1. The maximum atomic E-state index is 12.8. The van der Waals surface area contributed by atoms with Crippen LogP contribution in [0.15, 0.2) is 48.5 Å². The Bertz CT molecular complexity index is 881. The summed E-state index contributed by atoms with van der Waals surface area (Å²) in [5, 5.41) is 13.8. The van der Waals surface area contributed by atoms with Gasteiger partial charge >= 0.3 is 5.97 Å². The summed E-state index contributed by atoms with van der Waals surface area (Å²) in [6.45, 7) is 0.0776. The van der Waals surface area contributed by atoms with Crippen LogP contribution in [0.4, 0.5) is 15.8 Å². The number of hydrogen-bond acceptors (Lipinski definition) is 6. The van der Waals surface area contributed by atoms with Crippen molar-refractivity contribution in [2.24, 2.45) is 5.73 Å². The number of carbonyl (C=O) groups excluding carboxylic acids is 2. The highest BCUT2D eigenvalue weighted by molar-refractivity contribution is 5.94. The molecule has 2 rings (SSSR count). The van der Waals surface area contributed by atoms with Crippen molar-refractivity contribution in [2.75, 3.05) is 18.5 Å². The van der Waals surface area contributed by atoms with E-state index in [1.807, 2.05) is 0 Å². The first-order chi connectivity index (χ1) is 12.9. The number of nitro groups is 1. The fourth-order valence-electron chi connectivity index (χ4n) is 2.11. The lowest BCUT2D eigenvalue weighted by Gasteiger charge is -2.08. The number of benzene rings is 2. The van der Waals surface area contributed by atoms with Gasteiger partial charge in [0.15, 0.2) is 0 Å². The number of carbonyl (C=O) groups is 2. The topological polar surface area (TPSA) is 125 Å². The van der Waals surface area contributed by atoms with Gasteiger partial charge in [-0.15, -0.1) is 0 Å². The van der Waals surface area contributed by atoms with Crippen molar-refractivity contribution in [3.63, 3.8) is 0 Å². The van der Waals surface area contributed by atoms with E-state index in [1.165, 1.54) is 48.6 Å². The number of nitrogens with two attached hydrogens (primary N) is 1. The highest BCUT2D eigenvalue weighted by atomic mass is 19.1. The van der Waals surface area contributed by atoms with E-state index in [0.29, 0.717) is 5.56 Å². The third kappa shape index (κ3) is 5.92. The fourth-order valence-corrected chi connectivity index (χ4v) is 2.11. The van der Waals surface area contributed by atoms with Crippen molar-refractivity contribution in [3.05, 3.63) is 75.6 Å². The van der Waals surface area contributed by atoms with Gasteiger partial charge in [-0.3, -0.25) is 14.9 Å². The van der Waals surface area contributed by atoms with Crippen LogP contribution in [-0.4, -0.2) is 30.0 Å². The first-order valence-electron chi connectivity index (χ1n) is 7.79. The number of nitrogens with one attached hydrogen (secondary N) is 1. The smallest absolute Gasteiger partial charge is 0.330 e. The van der Waals surface area contributed by atoms with Crippen LogP contribution in [0, 0.1) is 15.9 Å². The summed E-state index contributed by atoms with van der Waals surface area (Å²) in [5.41, 5.74) is 5.61. The number of hydrogen-bond donors (Lipinski definition) is 2. The van der Waals surface area contributed by atoms with E-state index in [0.717, 1.165) is 6.07 Å². The molecule has 0 saturated carbocycles. The van der Waals surface area contributed by atoms with Crippen LogP contribution < -0.4 is 11.1 Å². The number of ether oxygens (including phenoxy) is 1. The normalized spacial score (nSPS) is 10.6. The third-order valence-corrected chi connectivity index (χ3v) is 3.42. The zero-order chi connectivity index (χ0) is 19.8. The first kappa shape index (κ1) is 19.6. The summed E-state index contributed by atoms with van der Waals surface area (Å²) in [6, 6.07) is 9.34. The molecule has 9 heteroatoms. The summed E-state index contributed by atoms with van der Waals surface area (Å²) in [7, 11) is 0. The molecule has 0 fully saturated rings. The number of amides is 1. The lowest BCUT2D eigenvalue weighted by molar-refractivity contribution is -0.384. The molecule has 0 unspecified atom stereocenters. The van der Waals surface area contributed by atoms with Gasteiger partial charge in [-0.05, 0) is 35.9 Å². The molecule has 0 atom stereocenters. The molecule has 0 radical (unpaired) electrons. The Hall–Kier alpha value is -3.75. The van der Waals surface area contributed by atoms with Crippen molar-refractivity contribution in [1.29, 1.82) is 0 Å². The molecule has 0 heterocycles. The molecule has 0 spiro atoms. The van der Waals surface area contributed by atoms with E-state index in [9.17, 15) is 24.1 Å². The number of esters is 1. The van der Waals surface area contributed by atoms with Crippen LogP contribution in [0.5, 0.6) is 0 Å². The van der Waals surface area contributed by atoms with Crippen molar-refractivity contribution in [1.82, 2.24) is 0 Å². The average Bonchev–Trinajstić information content (AvgIpc) is 2.64. The number of halogens is 1. The number of rotatable bonds is 8. The lowest BCUT2D eigenvalue weighted by Crippen LogP contribution is -2.14. The fraction of sp³-hybridized carbons (Fsp3) is 0.111. The molecule has 0 aromatic heterocycles. The number of nitro benzene ring substituents is 1. The maximum Gasteiger partial charge on any atom is 0.330 e.